The number of carbonyl (C=O) groups is 1. The number of hydrogen-bond acceptors (Lipinski definition) is 3. The first kappa shape index (κ1) is 14.0. The minimum atomic E-state index is -0.474. The summed E-state index contributed by atoms with van der Waals surface area (Å²) in [7, 11) is 1.73. The van der Waals surface area contributed by atoms with Crippen molar-refractivity contribution in [1.82, 2.24) is 4.90 Å². The van der Waals surface area contributed by atoms with Crippen molar-refractivity contribution in [2.75, 3.05) is 7.05 Å². The van der Waals surface area contributed by atoms with Crippen molar-refractivity contribution in [2.45, 2.75) is 37.8 Å². The van der Waals surface area contributed by atoms with Gasteiger partial charge in [0, 0.05) is 13.1 Å². The lowest BCUT2D eigenvalue weighted by Crippen LogP contribution is -2.41. The molecular formula is C14H19FN2O2. The Kier molecular flexibility index (Phi) is 4.50. The average molecular weight is 266 g/mol. The third-order valence-electron chi connectivity index (χ3n) is 3.81. The van der Waals surface area contributed by atoms with Gasteiger partial charge in [0.15, 0.2) is 0 Å². The van der Waals surface area contributed by atoms with Crippen LogP contribution < -0.4 is 5.90 Å². The van der Waals surface area contributed by atoms with Crippen LogP contribution in [-0.2, 0) is 4.84 Å². The van der Waals surface area contributed by atoms with Crippen LogP contribution in [0.4, 0.5) is 4.39 Å². The maximum absolute atomic E-state index is 13.6. The molecule has 1 fully saturated rings. The molecule has 0 aliphatic heterocycles. The Balaban J connectivity index is 2.02. The lowest BCUT2D eigenvalue weighted by Gasteiger charge is -2.34. The first-order valence-corrected chi connectivity index (χ1v) is 6.50. The zero-order chi connectivity index (χ0) is 13.8. The Morgan fingerprint density at radius 3 is 2.53 bits per heavy atom. The van der Waals surface area contributed by atoms with Crippen molar-refractivity contribution < 1.29 is 14.0 Å². The Labute approximate surface area is 112 Å². The molecule has 0 spiro atoms. The predicted octanol–water partition coefficient (Wildman–Crippen LogP) is 2.10. The van der Waals surface area contributed by atoms with Crippen LogP contribution in [0.1, 0.15) is 36.0 Å². The molecule has 0 atom stereocenters. The lowest BCUT2D eigenvalue weighted by atomic mass is 9.92. The van der Waals surface area contributed by atoms with Gasteiger partial charge in [0.05, 0.1) is 11.7 Å². The number of benzene rings is 1. The number of nitrogens with two attached hydrogens (primary N) is 1. The van der Waals surface area contributed by atoms with E-state index in [0.717, 1.165) is 25.7 Å². The fraction of sp³-hybridized carbons (Fsp3) is 0.500. The van der Waals surface area contributed by atoms with Crippen LogP contribution in [-0.4, -0.2) is 30.0 Å². The first-order valence-electron chi connectivity index (χ1n) is 6.50. The molecule has 4 nitrogen and oxygen atoms in total. The molecule has 1 saturated carbocycles. The second-order valence-electron chi connectivity index (χ2n) is 4.96. The molecule has 2 rings (SSSR count). The Morgan fingerprint density at radius 2 is 1.95 bits per heavy atom. The molecule has 0 saturated heterocycles. The zero-order valence-electron chi connectivity index (χ0n) is 11.0. The van der Waals surface area contributed by atoms with E-state index in [9.17, 15) is 9.18 Å². The molecule has 0 unspecified atom stereocenters. The number of nitrogens with zero attached hydrogens (tertiary/aromatic N) is 1. The van der Waals surface area contributed by atoms with Gasteiger partial charge >= 0.3 is 0 Å². The van der Waals surface area contributed by atoms with Crippen molar-refractivity contribution in [3.8, 4) is 0 Å². The molecule has 1 aliphatic rings. The summed E-state index contributed by atoms with van der Waals surface area (Å²) in [5, 5.41) is 0. The number of halogens is 1. The van der Waals surface area contributed by atoms with Crippen LogP contribution in [0.25, 0.3) is 0 Å². The average Bonchev–Trinajstić information content (AvgIpc) is 2.46. The third kappa shape index (κ3) is 3.11. The van der Waals surface area contributed by atoms with Crippen molar-refractivity contribution in [2.24, 2.45) is 5.90 Å². The molecule has 2 N–H and O–H groups in total. The smallest absolute Gasteiger partial charge is 0.256 e. The van der Waals surface area contributed by atoms with Gasteiger partial charge in [0.2, 0.25) is 0 Å². The van der Waals surface area contributed by atoms with Gasteiger partial charge in [-0.1, -0.05) is 12.1 Å². The Bertz CT molecular complexity index is 445. The predicted molar refractivity (Wildman–Crippen MR) is 69.8 cm³/mol. The topological polar surface area (TPSA) is 55.6 Å². The molecule has 1 amide bonds. The maximum Gasteiger partial charge on any atom is 0.256 e. The summed E-state index contributed by atoms with van der Waals surface area (Å²) in [4.78, 5) is 18.7. The van der Waals surface area contributed by atoms with Crippen molar-refractivity contribution in [3.05, 3.63) is 35.6 Å². The number of carbonyl (C=O) groups excluding carboxylic acids is 1. The van der Waals surface area contributed by atoms with Crippen molar-refractivity contribution >= 4 is 5.91 Å². The van der Waals surface area contributed by atoms with Gasteiger partial charge in [-0.25, -0.2) is 10.3 Å². The van der Waals surface area contributed by atoms with Gasteiger partial charge in [-0.2, -0.15) is 0 Å². The number of hydrogen-bond donors (Lipinski definition) is 1. The summed E-state index contributed by atoms with van der Waals surface area (Å²) in [6.07, 6.45) is 3.40. The Morgan fingerprint density at radius 1 is 1.32 bits per heavy atom. The van der Waals surface area contributed by atoms with Gasteiger partial charge in [0.1, 0.15) is 5.82 Å². The summed E-state index contributed by atoms with van der Waals surface area (Å²) in [6.45, 7) is 0. The summed E-state index contributed by atoms with van der Waals surface area (Å²) in [5.41, 5.74) is 0.127. The summed E-state index contributed by atoms with van der Waals surface area (Å²) >= 11 is 0. The standard InChI is InChI=1S/C14H19FN2O2/c1-17(10-6-8-11(19-16)9-7-10)14(18)12-4-2-3-5-13(12)15/h2-5,10-11H,6-9,16H2,1H3. The molecule has 0 bridgehead atoms. The van der Waals surface area contributed by atoms with Gasteiger partial charge < -0.3 is 9.74 Å². The summed E-state index contributed by atoms with van der Waals surface area (Å²) in [5.74, 6) is 4.42. The molecule has 1 aromatic rings. The highest BCUT2D eigenvalue weighted by atomic mass is 19.1. The Hall–Kier alpha value is -1.46. The normalized spacial score (nSPS) is 23.1. The highest BCUT2D eigenvalue weighted by Crippen LogP contribution is 2.25. The fourth-order valence-corrected chi connectivity index (χ4v) is 2.56. The third-order valence-corrected chi connectivity index (χ3v) is 3.81. The maximum atomic E-state index is 13.6. The SMILES string of the molecule is CN(C(=O)c1ccccc1F)C1CCC(ON)CC1. The van der Waals surface area contributed by atoms with Crippen LogP contribution in [0.3, 0.4) is 0 Å². The monoisotopic (exact) mass is 266 g/mol. The van der Waals surface area contributed by atoms with Crippen LogP contribution in [0.2, 0.25) is 0 Å². The van der Waals surface area contributed by atoms with E-state index >= 15 is 0 Å². The van der Waals surface area contributed by atoms with E-state index in [0.29, 0.717) is 0 Å². The highest BCUT2D eigenvalue weighted by Gasteiger charge is 2.28. The second kappa shape index (κ2) is 6.12. The summed E-state index contributed by atoms with van der Waals surface area (Å²) < 4.78 is 13.6. The van der Waals surface area contributed by atoms with E-state index in [2.05, 4.69) is 0 Å². The van der Waals surface area contributed by atoms with Gasteiger partial charge in [-0.05, 0) is 37.8 Å². The molecule has 1 aliphatic carbocycles. The molecular weight excluding hydrogens is 247 g/mol. The molecule has 104 valence electrons. The van der Waals surface area contributed by atoms with E-state index < -0.39 is 5.82 Å². The summed E-state index contributed by atoms with van der Waals surface area (Å²) in [6, 6.07) is 6.20. The van der Waals surface area contributed by atoms with Gasteiger partial charge in [-0.15, -0.1) is 0 Å². The van der Waals surface area contributed by atoms with Gasteiger partial charge in [-0.3, -0.25) is 4.79 Å². The zero-order valence-corrected chi connectivity index (χ0v) is 11.0. The van der Waals surface area contributed by atoms with Crippen LogP contribution in [0, 0.1) is 5.82 Å². The molecule has 0 heterocycles. The van der Waals surface area contributed by atoms with Crippen molar-refractivity contribution in [1.29, 1.82) is 0 Å². The van der Waals surface area contributed by atoms with Crippen LogP contribution in [0.5, 0.6) is 0 Å². The molecule has 5 heteroatoms. The molecule has 19 heavy (non-hydrogen) atoms. The highest BCUT2D eigenvalue weighted by molar-refractivity contribution is 5.94. The first-order chi connectivity index (χ1) is 9.13. The fourth-order valence-electron chi connectivity index (χ4n) is 2.56. The minimum Gasteiger partial charge on any atom is -0.339 e. The lowest BCUT2D eigenvalue weighted by molar-refractivity contribution is 0.00986. The largest absolute Gasteiger partial charge is 0.339 e. The van der Waals surface area contributed by atoms with E-state index in [-0.39, 0.29) is 23.6 Å². The van der Waals surface area contributed by atoms with Crippen LogP contribution >= 0.6 is 0 Å². The quantitative estimate of drug-likeness (QED) is 0.852. The van der Waals surface area contributed by atoms with E-state index in [1.54, 1.807) is 24.1 Å². The second-order valence-corrected chi connectivity index (χ2v) is 4.96. The molecule has 1 aromatic carbocycles. The number of amides is 1. The van der Waals surface area contributed by atoms with E-state index in [4.69, 9.17) is 10.7 Å². The van der Waals surface area contributed by atoms with Crippen LogP contribution in [0.15, 0.2) is 24.3 Å². The minimum absolute atomic E-state index is 0.0770. The van der Waals surface area contributed by atoms with E-state index in [1.165, 1.54) is 12.1 Å². The van der Waals surface area contributed by atoms with Gasteiger partial charge in [0.25, 0.3) is 5.91 Å². The van der Waals surface area contributed by atoms with Crippen molar-refractivity contribution in [3.63, 3.8) is 0 Å². The number of rotatable bonds is 3. The molecule has 0 aromatic heterocycles. The van der Waals surface area contributed by atoms with E-state index in [1.807, 2.05) is 0 Å². The molecule has 0 radical (unpaired) electrons.